The zero-order chi connectivity index (χ0) is 9.35. The lowest BCUT2D eigenvalue weighted by Gasteiger charge is -2.04. The Morgan fingerprint density at radius 3 is 2.33 bits per heavy atom. The van der Waals surface area contributed by atoms with Gasteiger partial charge in [0.2, 0.25) is 5.82 Å². The van der Waals surface area contributed by atoms with E-state index in [1.165, 1.54) is 13.0 Å². The topological polar surface area (TPSA) is 25.8 Å². The van der Waals surface area contributed by atoms with Crippen LogP contribution < -0.4 is 0 Å². The SMILES string of the molecule is Cc1cc(Cl)nc(C(F)(F)F)n1. The minimum atomic E-state index is -4.53. The van der Waals surface area contributed by atoms with E-state index in [1.807, 2.05) is 0 Å². The van der Waals surface area contributed by atoms with Gasteiger partial charge in [0.1, 0.15) is 5.15 Å². The summed E-state index contributed by atoms with van der Waals surface area (Å²) >= 11 is 5.31. The van der Waals surface area contributed by atoms with Crippen molar-refractivity contribution in [1.82, 2.24) is 9.97 Å². The third kappa shape index (κ3) is 2.07. The van der Waals surface area contributed by atoms with E-state index in [0.29, 0.717) is 0 Å². The Morgan fingerprint density at radius 2 is 1.92 bits per heavy atom. The molecule has 0 saturated carbocycles. The van der Waals surface area contributed by atoms with Crippen LogP contribution in [0.1, 0.15) is 11.5 Å². The average molecular weight is 197 g/mol. The van der Waals surface area contributed by atoms with Crippen LogP contribution >= 0.6 is 11.6 Å². The quantitative estimate of drug-likeness (QED) is 0.596. The molecule has 0 atom stereocenters. The summed E-state index contributed by atoms with van der Waals surface area (Å²) in [6.45, 7) is 1.42. The van der Waals surface area contributed by atoms with E-state index in [1.54, 1.807) is 0 Å². The maximum atomic E-state index is 12.0. The smallest absolute Gasteiger partial charge is 0.230 e. The van der Waals surface area contributed by atoms with Crippen LogP contribution in [0.2, 0.25) is 5.15 Å². The molecule has 6 heteroatoms. The van der Waals surface area contributed by atoms with Crippen molar-refractivity contribution in [2.45, 2.75) is 13.1 Å². The number of rotatable bonds is 0. The van der Waals surface area contributed by atoms with E-state index in [9.17, 15) is 13.2 Å². The third-order valence-corrected chi connectivity index (χ3v) is 1.27. The van der Waals surface area contributed by atoms with Gasteiger partial charge in [-0.3, -0.25) is 0 Å². The van der Waals surface area contributed by atoms with Gasteiger partial charge < -0.3 is 0 Å². The first-order chi connectivity index (χ1) is 5.39. The van der Waals surface area contributed by atoms with Gasteiger partial charge in [0.05, 0.1) is 0 Å². The van der Waals surface area contributed by atoms with Gasteiger partial charge in [0, 0.05) is 5.69 Å². The normalized spacial score (nSPS) is 11.8. The van der Waals surface area contributed by atoms with E-state index in [-0.39, 0.29) is 10.8 Å². The maximum absolute atomic E-state index is 12.0. The molecule has 0 spiro atoms. The van der Waals surface area contributed by atoms with Crippen LogP contribution in [0.3, 0.4) is 0 Å². The van der Waals surface area contributed by atoms with Crippen molar-refractivity contribution in [3.63, 3.8) is 0 Å². The molecule has 2 nitrogen and oxygen atoms in total. The van der Waals surface area contributed by atoms with E-state index in [0.717, 1.165) is 0 Å². The molecule has 0 aliphatic heterocycles. The predicted molar refractivity (Wildman–Crippen MR) is 36.8 cm³/mol. The summed E-state index contributed by atoms with van der Waals surface area (Å²) in [5.41, 5.74) is 0.197. The molecule has 0 aromatic carbocycles. The van der Waals surface area contributed by atoms with E-state index >= 15 is 0 Å². The van der Waals surface area contributed by atoms with Crippen LogP contribution in [-0.2, 0) is 6.18 Å². The second kappa shape index (κ2) is 2.90. The van der Waals surface area contributed by atoms with Crippen molar-refractivity contribution < 1.29 is 13.2 Å². The molecule has 0 aliphatic rings. The highest BCUT2D eigenvalue weighted by Gasteiger charge is 2.34. The fourth-order valence-electron chi connectivity index (χ4n) is 0.657. The molecule has 1 aromatic heterocycles. The van der Waals surface area contributed by atoms with Crippen LogP contribution in [0.5, 0.6) is 0 Å². The lowest BCUT2D eigenvalue weighted by Crippen LogP contribution is -2.11. The van der Waals surface area contributed by atoms with Crippen LogP contribution in [-0.4, -0.2) is 9.97 Å². The van der Waals surface area contributed by atoms with Gasteiger partial charge in [-0.05, 0) is 13.0 Å². The zero-order valence-corrected chi connectivity index (χ0v) is 6.74. The standard InChI is InChI=1S/C6H4ClF3N2/c1-3-2-4(7)12-5(11-3)6(8,9)10/h2H,1H3. The lowest BCUT2D eigenvalue weighted by molar-refractivity contribution is -0.145. The molecular formula is C6H4ClF3N2. The molecule has 1 heterocycles. The lowest BCUT2D eigenvalue weighted by atomic mass is 10.4. The minimum Gasteiger partial charge on any atom is -0.230 e. The number of hydrogen-bond donors (Lipinski definition) is 0. The fourth-order valence-corrected chi connectivity index (χ4v) is 0.895. The summed E-state index contributed by atoms with van der Waals surface area (Å²) in [6, 6.07) is 1.26. The fraction of sp³-hybridized carbons (Fsp3) is 0.333. The Bertz CT molecular complexity index is 277. The average Bonchev–Trinajstić information content (AvgIpc) is 1.82. The molecule has 0 fully saturated rings. The molecule has 0 amide bonds. The first-order valence-corrected chi connectivity index (χ1v) is 3.36. The molecule has 1 aromatic rings. The molecule has 0 bridgehead atoms. The molecule has 1 rings (SSSR count). The molecule has 0 radical (unpaired) electrons. The number of aromatic nitrogens is 2. The number of aryl methyl sites for hydroxylation is 1. The van der Waals surface area contributed by atoms with Crippen molar-refractivity contribution in [3.05, 3.63) is 22.7 Å². The Morgan fingerprint density at radius 1 is 1.33 bits per heavy atom. The summed E-state index contributed by atoms with van der Waals surface area (Å²) in [5, 5.41) is -0.199. The Labute approximate surface area is 71.4 Å². The molecule has 12 heavy (non-hydrogen) atoms. The Hall–Kier alpha value is -0.840. The van der Waals surface area contributed by atoms with Crippen molar-refractivity contribution in [2.75, 3.05) is 0 Å². The number of nitrogens with zero attached hydrogens (tertiary/aromatic N) is 2. The van der Waals surface area contributed by atoms with Gasteiger partial charge in [0.25, 0.3) is 0 Å². The summed E-state index contributed by atoms with van der Waals surface area (Å²) in [5.74, 6) is -1.20. The van der Waals surface area contributed by atoms with Gasteiger partial charge in [-0.15, -0.1) is 0 Å². The molecule has 0 unspecified atom stereocenters. The molecule has 66 valence electrons. The maximum Gasteiger partial charge on any atom is 0.451 e. The molecule has 0 aliphatic carbocycles. The zero-order valence-electron chi connectivity index (χ0n) is 5.98. The van der Waals surface area contributed by atoms with Crippen molar-refractivity contribution in [1.29, 1.82) is 0 Å². The summed E-state index contributed by atoms with van der Waals surface area (Å²) in [4.78, 5) is 6.22. The highest BCUT2D eigenvalue weighted by molar-refractivity contribution is 6.29. The van der Waals surface area contributed by atoms with Crippen LogP contribution in [0.25, 0.3) is 0 Å². The van der Waals surface area contributed by atoms with Gasteiger partial charge >= 0.3 is 6.18 Å². The van der Waals surface area contributed by atoms with Crippen molar-refractivity contribution in [3.8, 4) is 0 Å². The van der Waals surface area contributed by atoms with E-state index in [4.69, 9.17) is 11.6 Å². The first kappa shape index (κ1) is 9.25. The van der Waals surface area contributed by atoms with E-state index < -0.39 is 12.0 Å². The minimum absolute atomic E-state index is 0.197. The number of alkyl halides is 3. The molecular weight excluding hydrogens is 193 g/mol. The van der Waals surface area contributed by atoms with Gasteiger partial charge in [-0.25, -0.2) is 9.97 Å². The summed E-state index contributed by atoms with van der Waals surface area (Å²) in [7, 11) is 0. The number of halogens is 4. The molecule has 0 saturated heterocycles. The van der Waals surface area contributed by atoms with Gasteiger partial charge in [0.15, 0.2) is 0 Å². The number of hydrogen-bond acceptors (Lipinski definition) is 2. The van der Waals surface area contributed by atoms with Crippen LogP contribution in [0, 0.1) is 6.92 Å². The summed E-state index contributed by atoms with van der Waals surface area (Å²) < 4.78 is 35.9. The largest absolute Gasteiger partial charge is 0.451 e. The second-order valence-corrected chi connectivity index (χ2v) is 2.54. The highest BCUT2D eigenvalue weighted by atomic mass is 35.5. The molecule has 0 N–H and O–H groups in total. The van der Waals surface area contributed by atoms with Gasteiger partial charge in [-0.1, -0.05) is 11.6 Å². The van der Waals surface area contributed by atoms with Gasteiger partial charge in [-0.2, -0.15) is 13.2 Å². The Kier molecular flexibility index (Phi) is 2.23. The second-order valence-electron chi connectivity index (χ2n) is 2.15. The van der Waals surface area contributed by atoms with E-state index in [2.05, 4.69) is 9.97 Å². The predicted octanol–water partition coefficient (Wildman–Crippen LogP) is 2.46. The monoisotopic (exact) mass is 196 g/mol. The first-order valence-electron chi connectivity index (χ1n) is 2.98. The van der Waals surface area contributed by atoms with Crippen molar-refractivity contribution in [2.24, 2.45) is 0 Å². The highest BCUT2D eigenvalue weighted by Crippen LogP contribution is 2.26. The van der Waals surface area contributed by atoms with Crippen LogP contribution in [0.4, 0.5) is 13.2 Å². The van der Waals surface area contributed by atoms with Crippen molar-refractivity contribution >= 4 is 11.6 Å². The Balaban J connectivity index is 3.18. The third-order valence-electron chi connectivity index (χ3n) is 1.08. The van der Waals surface area contributed by atoms with Crippen LogP contribution in [0.15, 0.2) is 6.07 Å². The summed E-state index contributed by atoms with van der Waals surface area (Å²) in [6.07, 6.45) is -4.53.